The summed E-state index contributed by atoms with van der Waals surface area (Å²) in [5.41, 5.74) is 1.40. The first-order valence-electron chi connectivity index (χ1n) is 7.32. The number of hydrogen-bond donors (Lipinski definition) is 0. The van der Waals surface area contributed by atoms with Crippen molar-refractivity contribution in [3.05, 3.63) is 23.8 Å². The summed E-state index contributed by atoms with van der Waals surface area (Å²) >= 11 is 0. The van der Waals surface area contributed by atoms with Gasteiger partial charge in [-0.05, 0) is 52.4 Å². The normalized spacial score (nSPS) is 24.4. The van der Waals surface area contributed by atoms with Crippen LogP contribution in [0.25, 0.3) is 0 Å². The lowest BCUT2D eigenvalue weighted by molar-refractivity contribution is -0.132. The van der Waals surface area contributed by atoms with E-state index in [1.807, 2.05) is 4.90 Å². The minimum Gasteiger partial charge on any atom is -0.334 e. The SMILES string of the molecule is CC(=O)N(C/C=C\C1CC=C(C)CC1C)C(C)(C)C. The molecule has 2 heteroatoms. The molecule has 0 saturated carbocycles. The molecule has 0 fully saturated rings. The van der Waals surface area contributed by atoms with E-state index in [0.29, 0.717) is 18.4 Å². The molecular formula is C17H29NO. The quantitative estimate of drug-likeness (QED) is 0.699. The predicted octanol–water partition coefficient (Wildman–Crippen LogP) is 4.18. The molecule has 108 valence electrons. The van der Waals surface area contributed by atoms with Gasteiger partial charge in [-0.1, -0.05) is 30.7 Å². The minimum absolute atomic E-state index is 0.106. The molecule has 2 atom stereocenters. The second-order valence-electron chi connectivity index (χ2n) is 6.86. The Balaban J connectivity index is 2.60. The molecule has 0 N–H and O–H groups in total. The number of amides is 1. The van der Waals surface area contributed by atoms with E-state index in [-0.39, 0.29) is 11.4 Å². The molecule has 0 saturated heterocycles. The second-order valence-corrected chi connectivity index (χ2v) is 6.86. The first kappa shape index (κ1) is 16.0. The predicted molar refractivity (Wildman–Crippen MR) is 81.9 cm³/mol. The van der Waals surface area contributed by atoms with E-state index in [1.54, 1.807) is 6.92 Å². The van der Waals surface area contributed by atoms with Crippen molar-refractivity contribution in [1.29, 1.82) is 0 Å². The fourth-order valence-electron chi connectivity index (χ4n) is 2.80. The van der Waals surface area contributed by atoms with Gasteiger partial charge in [0.1, 0.15) is 0 Å². The van der Waals surface area contributed by atoms with Gasteiger partial charge in [-0.25, -0.2) is 0 Å². The van der Waals surface area contributed by atoms with E-state index in [9.17, 15) is 4.79 Å². The first-order valence-corrected chi connectivity index (χ1v) is 7.32. The highest BCUT2D eigenvalue weighted by Crippen LogP contribution is 2.30. The van der Waals surface area contributed by atoms with Crippen molar-refractivity contribution in [3.8, 4) is 0 Å². The molecular weight excluding hydrogens is 234 g/mol. The molecule has 0 aromatic heterocycles. The standard InChI is InChI=1S/C17H29NO/c1-13-9-10-16(14(2)12-13)8-7-11-18(15(3)19)17(4,5)6/h7-9,14,16H,10-12H2,1-6H3/b8-7-. The minimum atomic E-state index is -0.106. The average Bonchev–Trinajstić information content (AvgIpc) is 2.24. The number of allylic oxidation sites excluding steroid dienone is 3. The van der Waals surface area contributed by atoms with E-state index < -0.39 is 0 Å². The van der Waals surface area contributed by atoms with Crippen LogP contribution in [0.5, 0.6) is 0 Å². The molecule has 1 aliphatic carbocycles. The summed E-state index contributed by atoms with van der Waals surface area (Å²) in [6.07, 6.45) is 9.16. The number of carbonyl (C=O) groups is 1. The maximum Gasteiger partial charge on any atom is 0.220 e. The third-order valence-corrected chi connectivity index (χ3v) is 3.97. The largest absolute Gasteiger partial charge is 0.334 e. The van der Waals surface area contributed by atoms with Crippen molar-refractivity contribution in [1.82, 2.24) is 4.90 Å². The van der Waals surface area contributed by atoms with Crippen molar-refractivity contribution >= 4 is 5.91 Å². The Morgan fingerprint density at radius 2 is 2.11 bits per heavy atom. The summed E-state index contributed by atoms with van der Waals surface area (Å²) in [4.78, 5) is 13.6. The Hall–Kier alpha value is -1.05. The molecule has 1 aliphatic rings. The Morgan fingerprint density at radius 3 is 2.58 bits per heavy atom. The average molecular weight is 263 g/mol. The van der Waals surface area contributed by atoms with Gasteiger partial charge in [0.25, 0.3) is 0 Å². The molecule has 0 aliphatic heterocycles. The van der Waals surface area contributed by atoms with Crippen LogP contribution in [-0.2, 0) is 4.79 Å². The van der Waals surface area contributed by atoms with Crippen molar-refractivity contribution < 1.29 is 4.79 Å². The number of carbonyl (C=O) groups excluding carboxylic acids is 1. The maximum atomic E-state index is 11.7. The van der Waals surface area contributed by atoms with E-state index in [2.05, 4.69) is 52.8 Å². The highest BCUT2D eigenvalue weighted by molar-refractivity contribution is 5.74. The van der Waals surface area contributed by atoms with Crippen LogP contribution in [0.3, 0.4) is 0 Å². The van der Waals surface area contributed by atoms with Crippen LogP contribution in [0, 0.1) is 11.8 Å². The van der Waals surface area contributed by atoms with Crippen LogP contribution in [0.15, 0.2) is 23.8 Å². The van der Waals surface area contributed by atoms with Gasteiger partial charge < -0.3 is 4.90 Å². The molecule has 0 heterocycles. The molecule has 0 bridgehead atoms. The van der Waals surface area contributed by atoms with Gasteiger partial charge in [0.15, 0.2) is 0 Å². The molecule has 1 rings (SSSR count). The topological polar surface area (TPSA) is 20.3 Å². The fraction of sp³-hybridized carbons (Fsp3) is 0.706. The smallest absolute Gasteiger partial charge is 0.220 e. The number of rotatable bonds is 3. The van der Waals surface area contributed by atoms with Crippen molar-refractivity contribution in [3.63, 3.8) is 0 Å². The lowest BCUT2D eigenvalue weighted by Crippen LogP contribution is -2.44. The Bertz CT molecular complexity index is 373. The summed E-state index contributed by atoms with van der Waals surface area (Å²) in [6, 6.07) is 0. The molecule has 2 unspecified atom stereocenters. The Kier molecular flexibility index (Phi) is 5.39. The summed E-state index contributed by atoms with van der Waals surface area (Å²) in [7, 11) is 0. The first-order chi connectivity index (χ1) is 8.71. The maximum absolute atomic E-state index is 11.7. The van der Waals surface area contributed by atoms with Crippen LogP contribution in [-0.4, -0.2) is 22.9 Å². The zero-order valence-electron chi connectivity index (χ0n) is 13.4. The van der Waals surface area contributed by atoms with E-state index in [1.165, 1.54) is 12.0 Å². The van der Waals surface area contributed by atoms with E-state index in [0.717, 1.165) is 6.42 Å². The molecule has 0 spiro atoms. The van der Waals surface area contributed by atoms with Crippen LogP contribution in [0.2, 0.25) is 0 Å². The third-order valence-electron chi connectivity index (χ3n) is 3.97. The van der Waals surface area contributed by atoms with Gasteiger partial charge >= 0.3 is 0 Å². The fourth-order valence-corrected chi connectivity index (χ4v) is 2.80. The van der Waals surface area contributed by atoms with Gasteiger partial charge in [0, 0.05) is 19.0 Å². The van der Waals surface area contributed by atoms with Gasteiger partial charge in [0.05, 0.1) is 0 Å². The van der Waals surface area contributed by atoms with Crippen LogP contribution >= 0.6 is 0 Å². The van der Waals surface area contributed by atoms with Gasteiger partial charge in [0.2, 0.25) is 5.91 Å². The summed E-state index contributed by atoms with van der Waals surface area (Å²) in [6.45, 7) is 13.1. The lowest BCUT2D eigenvalue weighted by Gasteiger charge is -2.34. The second kappa shape index (κ2) is 6.40. The van der Waals surface area contributed by atoms with Gasteiger partial charge in [-0.2, -0.15) is 0 Å². The van der Waals surface area contributed by atoms with Gasteiger partial charge in [-0.3, -0.25) is 4.79 Å². The highest BCUT2D eigenvalue weighted by Gasteiger charge is 2.23. The zero-order valence-corrected chi connectivity index (χ0v) is 13.4. The number of nitrogens with zero attached hydrogens (tertiary/aromatic N) is 1. The Morgan fingerprint density at radius 1 is 1.47 bits per heavy atom. The Labute approximate surface area is 118 Å². The molecule has 0 aromatic rings. The van der Waals surface area contributed by atoms with Crippen molar-refractivity contribution in [2.75, 3.05) is 6.54 Å². The molecule has 0 radical (unpaired) electrons. The summed E-state index contributed by atoms with van der Waals surface area (Å²) in [5, 5.41) is 0. The monoisotopic (exact) mass is 263 g/mol. The van der Waals surface area contributed by atoms with Crippen LogP contribution in [0.1, 0.15) is 54.4 Å². The van der Waals surface area contributed by atoms with Crippen LogP contribution < -0.4 is 0 Å². The summed E-state index contributed by atoms with van der Waals surface area (Å²) in [5.74, 6) is 1.48. The molecule has 2 nitrogen and oxygen atoms in total. The lowest BCUT2D eigenvalue weighted by atomic mass is 9.81. The number of hydrogen-bond acceptors (Lipinski definition) is 1. The third kappa shape index (κ3) is 4.85. The van der Waals surface area contributed by atoms with Crippen molar-refractivity contribution in [2.24, 2.45) is 11.8 Å². The molecule has 0 aromatic carbocycles. The summed E-state index contributed by atoms with van der Waals surface area (Å²) < 4.78 is 0. The zero-order chi connectivity index (χ0) is 14.6. The molecule has 1 amide bonds. The van der Waals surface area contributed by atoms with Crippen LogP contribution in [0.4, 0.5) is 0 Å². The highest BCUT2D eigenvalue weighted by atomic mass is 16.2. The van der Waals surface area contributed by atoms with Gasteiger partial charge in [-0.15, -0.1) is 0 Å². The van der Waals surface area contributed by atoms with E-state index in [4.69, 9.17) is 0 Å². The van der Waals surface area contributed by atoms with Crippen molar-refractivity contribution in [2.45, 2.75) is 59.9 Å². The van der Waals surface area contributed by atoms with E-state index >= 15 is 0 Å². The molecule has 19 heavy (non-hydrogen) atoms.